The first-order valence-corrected chi connectivity index (χ1v) is 9.02. The summed E-state index contributed by atoms with van der Waals surface area (Å²) in [5, 5.41) is 13.7. The van der Waals surface area contributed by atoms with Crippen molar-refractivity contribution < 1.29 is 4.79 Å². The molecule has 2 nitrogen and oxygen atoms in total. The zero-order valence-electron chi connectivity index (χ0n) is 15.4. The van der Waals surface area contributed by atoms with Crippen molar-refractivity contribution in [1.82, 2.24) is 0 Å². The summed E-state index contributed by atoms with van der Waals surface area (Å²) in [5.41, 5.74) is 4.96. The standard InChI is InChI=1S/C25H19NO/c1-16-11-18-7-3-5-9-21(18)20(12-16)14-23-17(2)24(25(27)15-26)13-19-8-4-6-10-22(19)23/h3-13H,14H2,1-2H3. The number of nitrogens with zero attached hydrogens (tertiary/aromatic N) is 1. The first kappa shape index (κ1) is 17.0. The molecule has 0 spiro atoms. The number of benzene rings is 4. The molecule has 0 atom stereocenters. The molecule has 0 saturated heterocycles. The lowest BCUT2D eigenvalue weighted by Crippen LogP contribution is -2.04. The molecule has 0 aliphatic heterocycles. The third kappa shape index (κ3) is 2.98. The van der Waals surface area contributed by atoms with Crippen molar-refractivity contribution in [3.05, 3.63) is 94.5 Å². The molecule has 4 aromatic rings. The van der Waals surface area contributed by atoms with Gasteiger partial charge in [0, 0.05) is 5.56 Å². The SMILES string of the molecule is Cc1cc(Cc2c(C)c(C(=O)C#N)cc3ccccc23)c2ccccc2c1. The summed E-state index contributed by atoms with van der Waals surface area (Å²) >= 11 is 0. The average Bonchev–Trinajstić information content (AvgIpc) is 2.69. The summed E-state index contributed by atoms with van der Waals surface area (Å²) in [6.07, 6.45) is 0.723. The second-order valence-electron chi connectivity index (χ2n) is 7.01. The number of Topliss-reactive ketones (excluding diaryl/α,β-unsaturated/α-hetero) is 1. The molecule has 2 heteroatoms. The van der Waals surface area contributed by atoms with Crippen LogP contribution in [0.25, 0.3) is 21.5 Å². The molecule has 4 rings (SSSR count). The lowest BCUT2D eigenvalue weighted by Gasteiger charge is -2.15. The minimum atomic E-state index is -0.478. The summed E-state index contributed by atoms with van der Waals surface area (Å²) in [6.45, 7) is 4.06. The Morgan fingerprint density at radius 3 is 2.22 bits per heavy atom. The van der Waals surface area contributed by atoms with E-state index in [0.717, 1.165) is 28.3 Å². The third-order valence-electron chi connectivity index (χ3n) is 5.25. The van der Waals surface area contributed by atoms with Gasteiger partial charge in [-0.25, -0.2) is 0 Å². The van der Waals surface area contributed by atoms with Crippen LogP contribution in [0.2, 0.25) is 0 Å². The van der Waals surface area contributed by atoms with Gasteiger partial charge in [-0.05, 0) is 64.6 Å². The summed E-state index contributed by atoms with van der Waals surface area (Å²) in [4.78, 5) is 12.2. The second kappa shape index (κ2) is 6.70. The quantitative estimate of drug-likeness (QED) is 0.341. The van der Waals surface area contributed by atoms with E-state index >= 15 is 0 Å². The second-order valence-corrected chi connectivity index (χ2v) is 7.01. The zero-order valence-corrected chi connectivity index (χ0v) is 15.4. The summed E-state index contributed by atoms with van der Waals surface area (Å²) in [6, 6.07) is 24.5. The van der Waals surface area contributed by atoms with Gasteiger partial charge in [0.1, 0.15) is 6.07 Å². The van der Waals surface area contributed by atoms with Crippen molar-refractivity contribution in [3.8, 4) is 6.07 Å². The lowest BCUT2D eigenvalue weighted by atomic mass is 9.88. The van der Waals surface area contributed by atoms with Crippen LogP contribution in [-0.4, -0.2) is 5.78 Å². The zero-order chi connectivity index (χ0) is 19.0. The smallest absolute Gasteiger partial charge is 0.262 e. The fourth-order valence-electron chi connectivity index (χ4n) is 3.94. The Balaban J connectivity index is 1.99. The van der Waals surface area contributed by atoms with E-state index in [1.165, 1.54) is 21.9 Å². The molecule has 0 radical (unpaired) electrons. The maximum Gasteiger partial charge on any atom is 0.262 e. The number of nitriles is 1. The van der Waals surface area contributed by atoms with Crippen LogP contribution in [0.4, 0.5) is 0 Å². The van der Waals surface area contributed by atoms with Gasteiger partial charge in [0.05, 0.1) is 0 Å². The maximum atomic E-state index is 12.2. The monoisotopic (exact) mass is 349 g/mol. The Morgan fingerprint density at radius 1 is 0.889 bits per heavy atom. The molecule has 0 aliphatic carbocycles. The van der Waals surface area contributed by atoms with Crippen LogP contribution >= 0.6 is 0 Å². The van der Waals surface area contributed by atoms with Crippen molar-refractivity contribution in [3.63, 3.8) is 0 Å². The van der Waals surface area contributed by atoms with Crippen molar-refractivity contribution in [1.29, 1.82) is 5.26 Å². The Bertz CT molecular complexity index is 1240. The van der Waals surface area contributed by atoms with Crippen molar-refractivity contribution in [2.75, 3.05) is 0 Å². The molecule has 27 heavy (non-hydrogen) atoms. The molecule has 0 fully saturated rings. The van der Waals surface area contributed by atoms with Gasteiger partial charge in [-0.2, -0.15) is 5.26 Å². The normalized spacial score (nSPS) is 10.9. The molecule has 0 bridgehead atoms. The lowest BCUT2D eigenvalue weighted by molar-refractivity contribution is 0.105. The first-order chi connectivity index (χ1) is 13.1. The van der Waals surface area contributed by atoms with Crippen LogP contribution in [0.1, 0.15) is 32.6 Å². The van der Waals surface area contributed by atoms with E-state index in [-0.39, 0.29) is 0 Å². The van der Waals surface area contributed by atoms with Gasteiger partial charge < -0.3 is 0 Å². The molecule has 0 aromatic heterocycles. The van der Waals surface area contributed by atoms with E-state index in [4.69, 9.17) is 5.26 Å². The number of rotatable bonds is 3. The van der Waals surface area contributed by atoms with Gasteiger partial charge in [-0.15, -0.1) is 0 Å². The van der Waals surface area contributed by atoms with Crippen LogP contribution in [0.3, 0.4) is 0 Å². The Kier molecular flexibility index (Phi) is 4.22. The number of hydrogen-bond acceptors (Lipinski definition) is 2. The molecule has 0 amide bonds. The highest BCUT2D eigenvalue weighted by atomic mass is 16.1. The average molecular weight is 349 g/mol. The Labute approximate surface area is 158 Å². The maximum absolute atomic E-state index is 12.2. The largest absolute Gasteiger partial charge is 0.277 e. The molecule has 0 heterocycles. The molecule has 0 N–H and O–H groups in total. The molecular formula is C25H19NO. The highest BCUT2D eigenvalue weighted by molar-refractivity contribution is 6.11. The van der Waals surface area contributed by atoms with Crippen molar-refractivity contribution in [2.24, 2.45) is 0 Å². The number of carbonyl (C=O) groups is 1. The summed E-state index contributed by atoms with van der Waals surface area (Å²) in [5.74, 6) is -0.478. The van der Waals surface area contributed by atoms with E-state index in [2.05, 4.69) is 49.4 Å². The van der Waals surface area contributed by atoms with Crippen LogP contribution in [0, 0.1) is 25.2 Å². The Morgan fingerprint density at radius 2 is 1.52 bits per heavy atom. The highest BCUT2D eigenvalue weighted by Crippen LogP contribution is 2.31. The minimum Gasteiger partial charge on any atom is -0.277 e. The Hall–Kier alpha value is -3.44. The van der Waals surface area contributed by atoms with Gasteiger partial charge in [-0.1, -0.05) is 66.2 Å². The van der Waals surface area contributed by atoms with Crippen LogP contribution in [0.15, 0.2) is 66.7 Å². The van der Waals surface area contributed by atoms with E-state index in [1.807, 2.05) is 31.2 Å². The molecule has 0 unspecified atom stereocenters. The topological polar surface area (TPSA) is 40.9 Å². The number of fused-ring (bicyclic) bond motifs is 2. The minimum absolute atomic E-state index is 0.478. The fourth-order valence-corrected chi connectivity index (χ4v) is 3.94. The van der Waals surface area contributed by atoms with Crippen LogP contribution in [0.5, 0.6) is 0 Å². The van der Waals surface area contributed by atoms with E-state index in [9.17, 15) is 4.79 Å². The third-order valence-corrected chi connectivity index (χ3v) is 5.25. The van der Waals surface area contributed by atoms with Gasteiger partial charge in [-0.3, -0.25) is 4.79 Å². The molecular weight excluding hydrogens is 330 g/mol. The first-order valence-electron chi connectivity index (χ1n) is 9.02. The molecule has 130 valence electrons. The number of carbonyl (C=O) groups excluding carboxylic acids is 1. The van der Waals surface area contributed by atoms with E-state index in [1.54, 1.807) is 6.07 Å². The van der Waals surface area contributed by atoms with Gasteiger partial charge in [0.25, 0.3) is 5.78 Å². The predicted octanol–water partition coefficient (Wildman–Crippen LogP) is 5.91. The fraction of sp³-hybridized carbons (Fsp3) is 0.120. The highest BCUT2D eigenvalue weighted by Gasteiger charge is 2.16. The van der Waals surface area contributed by atoms with Crippen LogP contribution in [-0.2, 0) is 6.42 Å². The number of ketones is 1. The summed E-state index contributed by atoms with van der Waals surface area (Å²) < 4.78 is 0. The molecule has 4 aromatic carbocycles. The van der Waals surface area contributed by atoms with E-state index in [0.29, 0.717) is 5.56 Å². The summed E-state index contributed by atoms with van der Waals surface area (Å²) in [7, 11) is 0. The van der Waals surface area contributed by atoms with Crippen LogP contribution < -0.4 is 0 Å². The van der Waals surface area contributed by atoms with Gasteiger partial charge in [0.2, 0.25) is 0 Å². The predicted molar refractivity (Wildman–Crippen MR) is 110 cm³/mol. The van der Waals surface area contributed by atoms with Gasteiger partial charge in [0.15, 0.2) is 0 Å². The van der Waals surface area contributed by atoms with Crippen molar-refractivity contribution >= 4 is 27.3 Å². The van der Waals surface area contributed by atoms with E-state index < -0.39 is 5.78 Å². The molecule has 0 saturated carbocycles. The van der Waals surface area contributed by atoms with Gasteiger partial charge >= 0.3 is 0 Å². The van der Waals surface area contributed by atoms with Crippen molar-refractivity contribution in [2.45, 2.75) is 20.3 Å². The number of aryl methyl sites for hydroxylation is 1. The molecule has 0 aliphatic rings. The number of hydrogen-bond donors (Lipinski definition) is 0.